The summed E-state index contributed by atoms with van der Waals surface area (Å²) in [5, 5.41) is 4.30. The fraction of sp³-hybridized carbons (Fsp3) is 1.00. The van der Waals surface area contributed by atoms with Gasteiger partial charge in [0.05, 0.1) is 5.75 Å². The molecule has 0 bridgehead atoms. The van der Waals surface area contributed by atoms with Crippen molar-refractivity contribution in [3.8, 4) is 0 Å². The topological polar surface area (TPSA) is 46.2 Å². The standard InChI is InChI=1S/C10H22BrNO2S/c1-4-15(13,14)7-5-6-12-10(3)9(2)8-11/h9-10,12H,4-8H2,1-3H3. The summed E-state index contributed by atoms with van der Waals surface area (Å²) in [4.78, 5) is 0. The Hall–Kier alpha value is 0.390. The van der Waals surface area contributed by atoms with Gasteiger partial charge in [-0.3, -0.25) is 0 Å². The molecule has 0 saturated carbocycles. The second kappa shape index (κ2) is 7.63. The molecule has 2 unspecified atom stereocenters. The van der Waals surface area contributed by atoms with Gasteiger partial charge in [-0.05, 0) is 25.8 Å². The van der Waals surface area contributed by atoms with E-state index in [1.54, 1.807) is 6.92 Å². The summed E-state index contributed by atoms with van der Waals surface area (Å²) < 4.78 is 22.4. The maximum Gasteiger partial charge on any atom is 0.150 e. The Kier molecular flexibility index (Phi) is 7.83. The number of sulfone groups is 1. The second-order valence-electron chi connectivity index (χ2n) is 3.96. The van der Waals surface area contributed by atoms with Crippen LogP contribution in [-0.4, -0.2) is 37.8 Å². The molecule has 0 aromatic heterocycles. The van der Waals surface area contributed by atoms with Gasteiger partial charge in [0.25, 0.3) is 0 Å². The van der Waals surface area contributed by atoms with Crippen LogP contribution in [0.3, 0.4) is 0 Å². The Bertz CT molecular complexity index is 254. The molecule has 0 saturated heterocycles. The normalized spacial score (nSPS) is 16.3. The van der Waals surface area contributed by atoms with Crippen LogP contribution in [-0.2, 0) is 9.84 Å². The highest BCUT2D eigenvalue weighted by molar-refractivity contribution is 9.09. The largest absolute Gasteiger partial charge is 0.314 e. The molecule has 0 aliphatic rings. The van der Waals surface area contributed by atoms with Crippen molar-refractivity contribution in [2.75, 3.05) is 23.4 Å². The van der Waals surface area contributed by atoms with E-state index in [1.165, 1.54) is 0 Å². The molecule has 0 aromatic rings. The van der Waals surface area contributed by atoms with Gasteiger partial charge in [-0.25, -0.2) is 8.42 Å². The van der Waals surface area contributed by atoms with Gasteiger partial charge in [0.1, 0.15) is 9.84 Å². The zero-order valence-electron chi connectivity index (χ0n) is 9.79. The van der Waals surface area contributed by atoms with E-state index in [4.69, 9.17) is 0 Å². The summed E-state index contributed by atoms with van der Waals surface area (Å²) >= 11 is 3.43. The van der Waals surface area contributed by atoms with Gasteiger partial charge in [-0.15, -0.1) is 0 Å². The van der Waals surface area contributed by atoms with Crippen molar-refractivity contribution >= 4 is 25.8 Å². The lowest BCUT2D eigenvalue weighted by Crippen LogP contribution is -2.34. The Labute approximate surface area is 102 Å². The zero-order chi connectivity index (χ0) is 11.9. The molecule has 0 aromatic carbocycles. The molecular weight excluding hydrogens is 278 g/mol. The van der Waals surface area contributed by atoms with Crippen molar-refractivity contribution in [1.82, 2.24) is 5.32 Å². The lowest BCUT2D eigenvalue weighted by atomic mass is 10.1. The third-order valence-electron chi connectivity index (χ3n) is 2.64. The number of rotatable bonds is 8. The van der Waals surface area contributed by atoms with Crippen molar-refractivity contribution in [1.29, 1.82) is 0 Å². The maximum atomic E-state index is 11.2. The maximum absolute atomic E-state index is 11.2. The molecule has 0 aliphatic heterocycles. The predicted octanol–water partition coefficient (Wildman–Crippen LogP) is 1.82. The molecular formula is C10H22BrNO2S. The highest BCUT2D eigenvalue weighted by Gasteiger charge is 2.10. The van der Waals surface area contributed by atoms with Gasteiger partial charge in [-0.2, -0.15) is 0 Å². The van der Waals surface area contributed by atoms with E-state index in [0.717, 1.165) is 11.9 Å². The molecule has 92 valence electrons. The Balaban J connectivity index is 3.63. The SMILES string of the molecule is CCS(=O)(=O)CCCNC(C)C(C)CBr. The molecule has 0 aliphatic carbocycles. The molecule has 0 amide bonds. The third kappa shape index (κ3) is 7.30. The van der Waals surface area contributed by atoms with Crippen molar-refractivity contribution in [3.63, 3.8) is 0 Å². The predicted molar refractivity (Wildman–Crippen MR) is 69.4 cm³/mol. The van der Waals surface area contributed by atoms with Crippen molar-refractivity contribution < 1.29 is 8.42 Å². The molecule has 0 rings (SSSR count). The quantitative estimate of drug-likeness (QED) is 0.549. The van der Waals surface area contributed by atoms with E-state index >= 15 is 0 Å². The van der Waals surface area contributed by atoms with E-state index in [2.05, 4.69) is 35.1 Å². The summed E-state index contributed by atoms with van der Waals surface area (Å²) in [6.45, 7) is 6.76. The van der Waals surface area contributed by atoms with Crippen LogP contribution in [0.15, 0.2) is 0 Å². The van der Waals surface area contributed by atoms with Crippen molar-refractivity contribution in [2.45, 2.75) is 33.2 Å². The van der Waals surface area contributed by atoms with Crippen LogP contribution in [0.4, 0.5) is 0 Å². The first-order valence-corrected chi connectivity index (χ1v) is 8.37. The van der Waals surface area contributed by atoms with Crippen molar-refractivity contribution in [3.05, 3.63) is 0 Å². The lowest BCUT2D eigenvalue weighted by molar-refractivity contribution is 0.435. The average molecular weight is 300 g/mol. The zero-order valence-corrected chi connectivity index (χ0v) is 12.2. The first-order valence-electron chi connectivity index (χ1n) is 5.42. The number of halogens is 1. The van der Waals surface area contributed by atoms with Gasteiger partial charge in [-0.1, -0.05) is 29.8 Å². The first kappa shape index (κ1) is 15.4. The Morgan fingerprint density at radius 3 is 2.40 bits per heavy atom. The monoisotopic (exact) mass is 299 g/mol. The minimum atomic E-state index is -2.79. The molecule has 0 fully saturated rings. The lowest BCUT2D eigenvalue weighted by Gasteiger charge is -2.19. The van der Waals surface area contributed by atoms with Crippen LogP contribution < -0.4 is 5.32 Å². The molecule has 0 radical (unpaired) electrons. The third-order valence-corrected chi connectivity index (χ3v) is 5.45. The number of nitrogens with one attached hydrogen (secondary N) is 1. The molecule has 0 spiro atoms. The van der Waals surface area contributed by atoms with Crippen molar-refractivity contribution in [2.24, 2.45) is 5.92 Å². The average Bonchev–Trinajstić information content (AvgIpc) is 2.22. The van der Waals surface area contributed by atoms with Gasteiger partial charge in [0.2, 0.25) is 0 Å². The van der Waals surface area contributed by atoms with Gasteiger partial charge in [0, 0.05) is 17.1 Å². The minimum Gasteiger partial charge on any atom is -0.314 e. The number of hydrogen-bond acceptors (Lipinski definition) is 3. The summed E-state index contributed by atoms with van der Waals surface area (Å²) in [6, 6.07) is 0.425. The number of hydrogen-bond donors (Lipinski definition) is 1. The summed E-state index contributed by atoms with van der Waals surface area (Å²) in [6.07, 6.45) is 0.704. The van der Waals surface area contributed by atoms with E-state index < -0.39 is 9.84 Å². The first-order chi connectivity index (χ1) is 6.93. The molecule has 0 heterocycles. The molecule has 2 atom stereocenters. The summed E-state index contributed by atoms with van der Waals surface area (Å²) in [5.41, 5.74) is 0. The molecule has 3 nitrogen and oxygen atoms in total. The van der Waals surface area contributed by atoms with Crippen LogP contribution in [0.5, 0.6) is 0 Å². The van der Waals surface area contributed by atoms with Crippen LogP contribution >= 0.6 is 15.9 Å². The highest BCUT2D eigenvalue weighted by atomic mass is 79.9. The molecule has 5 heteroatoms. The summed E-state index contributed by atoms with van der Waals surface area (Å²) in [7, 11) is -2.79. The Morgan fingerprint density at radius 1 is 1.33 bits per heavy atom. The van der Waals surface area contributed by atoms with Crippen LogP contribution in [0, 0.1) is 5.92 Å². The van der Waals surface area contributed by atoms with Gasteiger partial charge in [0.15, 0.2) is 0 Å². The van der Waals surface area contributed by atoms with Crippen LogP contribution in [0.25, 0.3) is 0 Å². The number of alkyl halides is 1. The van der Waals surface area contributed by atoms with E-state index in [9.17, 15) is 8.42 Å². The van der Waals surface area contributed by atoms with E-state index in [-0.39, 0.29) is 5.75 Å². The van der Waals surface area contributed by atoms with Gasteiger partial charge >= 0.3 is 0 Å². The second-order valence-corrected chi connectivity index (χ2v) is 7.08. The summed E-state index contributed by atoms with van der Waals surface area (Å²) in [5.74, 6) is 1.11. The van der Waals surface area contributed by atoms with Gasteiger partial charge < -0.3 is 5.32 Å². The molecule has 1 N–H and O–H groups in total. The molecule has 15 heavy (non-hydrogen) atoms. The van der Waals surface area contributed by atoms with Crippen LogP contribution in [0.1, 0.15) is 27.2 Å². The highest BCUT2D eigenvalue weighted by Crippen LogP contribution is 2.05. The van der Waals surface area contributed by atoms with E-state index in [1.807, 2.05) is 0 Å². The van der Waals surface area contributed by atoms with E-state index in [0.29, 0.717) is 24.1 Å². The fourth-order valence-corrected chi connectivity index (χ4v) is 2.53. The minimum absolute atomic E-state index is 0.250. The smallest absolute Gasteiger partial charge is 0.150 e. The van der Waals surface area contributed by atoms with Crippen LogP contribution in [0.2, 0.25) is 0 Å². The Morgan fingerprint density at radius 2 is 1.93 bits per heavy atom. The fourth-order valence-electron chi connectivity index (χ4n) is 1.10.